The summed E-state index contributed by atoms with van der Waals surface area (Å²) in [6, 6.07) is 18.5. The topological polar surface area (TPSA) is 105 Å². The lowest BCUT2D eigenvalue weighted by molar-refractivity contribution is -0.139. The van der Waals surface area contributed by atoms with E-state index in [9.17, 15) is 18.0 Å². The molecule has 0 aliphatic carbocycles. The largest absolute Gasteiger partial charge is 0.497 e. The van der Waals surface area contributed by atoms with E-state index in [0.29, 0.717) is 17.3 Å². The number of methoxy groups -OCH3 is 2. The van der Waals surface area contributed by atoms with Crippen LogP contribution in [0.3, 0.4) is 0 Å². The van der Waals surface area contributed by atoms with Crippen LogP contribution in [0.4, 0.5) is 5.69 Å². The van der Waals surface area contributed by atoms with Crippen molar-refractivity contribution >= 4 is 39.1 Å². The van der Waals surface area contributed by atoms with Gasteiger partial charge in [0, 0.05) is 24.2 Å². The van der Waals surface area contributed by atoms with Crippen LogP contribution < -0.4 is 19.1 Å². The Hall–Kier alpha value is -3.76. The van der Waals surface area contributed by atoms with Crippen molar-refractivity contribution in [1.82, 2.24) is 10.2 Å². The van der Waals surface area contributed by atoms with Crippen LogP contribution in [0.5, 0.6) is 11.5 Å². The molecule has 1 N–H and O–H groups in total. The molecule has 214 valence electrons. The zero-order chi connectivity index (χ0) is 29.3. The molecule has 2 amide bonds. The Labute approximate surface area is 240 Å². The summed E-state index contributed by atoms with van der Waals surface area (Å²) in [5.74, 6) is -0.327. The first kappa shape index (κ1) is 30.8. The molecule has 0 saturated carbocycles. The smallest absolute Gasteiger partial charge is 0.264 e. The predicted molar refractivity (Wildman–Crippen MR) is 155 cm³/mol. The first-order valence-corrected chi connectivity index (χ1v) is 14.6. The summed E-state index contributed by atoms with van der Waals surface area (Å²) in [6.45, 7) is 3.45. The number of anilines is 1. The average Bonchev–Trinajstić information content (AvgIpc) is 2.97. The quantitative estimate of drug-likeness (QED) is 0.316. The minimum absolute atomic E-state index is 0.00865. The van der Waals surface area contributed by atoms with Gasteiger partial charge in [-0.2, -0.15) is 0 Å². The zero-order valence-corrected chi connectivity index (χ0v) is 24.5. The van der Waals surface area contributed by atoms with Crippen LogP contribution in [0.25, 0.3) is 0 Å². The van der Waals surface area contributed by atoms with Crippen molar-refractivity contribution in [2.75, 3.05) is 31.6 Å². The van der Waals surface area contributed by atoms with Crippen molar-refractivity contribution in [2.45, 2.75) is 37.8 Å². The first-order chi connectivity index (χ1) is 19.1. The summed E-state index contributed by atoms with van der Waals surface area (Å²) in [4.78, 5) is 28.3. The third-order valence-electron chi connectivity index (χ3n) is 6.25. The molecule has 0 spiro atoms. The van der Waals surface area contributed by atoms with Crippen LogP contribution in [0.15, 0.2) is 77.7 Å². The molecule has 0 aromatic heterocycles. The van der Waals surface area contributed by atoms with Crippen molar-refractivity contribution in [3.63, 3.8) is 0 Å². The van der Waals surface area contributed by atoms with Crippen LogP contribution in [0, 0.1) is 0 Å². The highest BCUT2D eigenvalue weighted by Crippen LogP contribution is 2.36. The number of halogens is 1. The number of benzene rings is 3. The number of nitrogens with one attached hydrogen (secondary N) is 1. The number of amides is 2. The van der Waals surface area contributed by atoms with Gasteiger partial charge in [-0.1, -0.05) is 48.9 Å². The highest BCUT2D eigenvalue weighted by molar-refractivity contribution is 7.92. The monoisotopic (exact) mass is 587 g/mol. The Balaban J connectivity index is 2.09. The molecule has 3 aromatic rings. The molecule has 0 bridgehead atoms. The van der Waals surface area contributed by atoms with Gasteiger partial charge in [0.2, 0.25) is 11.8 Å². The van der Waals surface area contributed by atoms with Gasteiger partial charge in [0.1, 0.15) is 24.1 Å². The summed E-state index contributed by atoms with van der Waals surface area (Å²) in [7, 11) is -1.38. The van der Waals surface area contributed by atoms with Gasteiger partial charge in [0.15, 0.2) is 0 Å². The molecule has 3 aromatic carbocycles. The van der Waals surface area contributed by atoms with Crippen molar-refractivity contribution in [3.05, 3.63) is 83.4 Å². The van der Waals surface area contributed by atoms with E-state index in [2.05, 4.69) is 5.32 Å². The van der Waals surface area contributed by atoms with E-state index in [1.165, 1.54) is 37.3 Å². The number of ether oxygens (including phenoxy) is 2. The second-order valence-corrected chi connectivity index (χ2v) is 11.3. The van der Waals surface area contributed by atoms with E-state index in [0.717, 1.165) is 16.3 Å². The van der Waals surface area contributed by atoms with Crippen molar-refractivity contribution < 1.29 is 27.5 Å². The molecule has 9 nitrogen and oxygen atoms in total. The van der Waals surface area contributed by atoms with Crippen LogP contribution in [-0.2, 0) is 26.2 Å². The maximum atomic E-state index is 14.0. The van der Waals surface area contributed by atoms with Gasteiger partial charge in [-0.15, -0.1) is 0 Å². The third-order valence-corrected chi connectivity index (χ3v) is 8.27. The number of carbonyl (C=O) groups excluding carboxylic acids is 2. The number of carbonyl (C=O) groups is 2. The van der Waals surface area contributed by atoms with E-state index in [4.69, 9.17) is 21.1 Å². The minimum atomic E-state index is -4.25. The molecule has 0 aliphatic heterocycles. The van der Waals surface area contributed by atoms with Gasteiger partial charge in [-0.3, -0.25) is 13.9 Å². The summed E-state index contributed by atoms with van der Waals surface area (Å²) in [6.07, 6.45) is 0.725. The lowest BCUT2D eigenvalue weighted by atomic mass is 10.1. The second-order valence-electron chi connectivity index (χ2n) is 8.98. The Morgan fingerprint density at radius 3 is 2.25 bits per heavy atom. The summed E-state index contributed by atoms with van der Waals surface area (Å²) in [5, 5.41) is 3.34. The Bertz CT molecular complexity index is 1400. The fourth-order valence-corrected chi connectivity index (χ4v) is 5.55. The van der Waals surface area contributed by atoms with Gasteiger partial charge in [0.05, 0.1) is 24.8 Å². The summed E-state index contributed by atoms with van der Waals surface area (Å²) < 4.78 is 39.7. The van der Waals surface area contributed by atoms with Crippen LogP contribution in [0.2, 0.25) is 5.02 Å². The summed E-state index contributed by atoms with van der Waals surface area (Å²) >= 11 is 6.04. The maximum absolute atomic E-state index is 14.0. The minimum Gasteiger partial charge on any atom is -0.497 e. The van der Waals surface area contributed by atoms with E-state index >= 15 is 0 Å². The van der Waals surface area contributed by atoms with E-state index < -0.39 is 28.5 Å². The van der Waals surface area contributed by atoms with Gasteiger partial charge in [-0.25, -0.2) is 8.42 Å². The molecule has 0 radical (unpaired) electrons. The van der Waals surface area contributed by atoms with Gasteiger partial charge in [0.25, 0.3) is 10.0 Å². The van der Waals surface area contributed by atoms with Crippen molar-refractivity contribution in [1.29, 1.82) is 0 Å². The standard InChI is InChI=1S/C29H34ClN3O6S/c1-5-17-31-29(35)21(2)32(19-22-11-13-23(30)14-12-22)28(34)20-33(40(36,37)25-9-7-6-8-10-25)26-18-24(38-3)15-16-27(26)39-4/h6-16,18,21H,5,17,19-20H2,1-4H3,(H,31,35)/t21-/m1/s1. The highest BCUT2D eigenvalue weighted by Gasteiger charge is 2.34. The fraction of sp³-hybridized carbons (Fsp3) is 0.310. The second kappa shape index (κ2) is 14.0. The lowest BCUT2D eigenvalue weighted by Crippen LogP contribution is -2.51. The predicted octanol–water partition coefficient (Wildman–Crippen LogP) is 4.50. The molecular formula is C29H34ClN3O6S. The first-order valence-electron chi connectivity index (χ1n) is 12.7. The van der Waals surface area contributed by atoms with Gasteiger partial charge in [-0.05, 0) is 55.3 Å². The number of hydrogen-bond acceptors (Lipinski definition) is 6. The Kier molecular flexibility index (Phi) is 10.8. The number of sulfonamides is 1. The molecule has 0 fully saturated rings. The van der Waals surface area contributed by atoms with E-state index in [-0.39, 0.29) is 28.8 Å². The van der Waals surface area contributed by atoms with Crippen molar-refractivity contribution in [2.24, 2.45) is 0 Å². The molecule has 0 saturated heterocycles. The summed E-state index contributed by atoms with van der Waals surface area (Å²) in [5.41, 5.74) is 0.845. The fourth-order valence-electron chi connectivity index (χ4n) is 3.99. The van der Waals surface area contributed by atoms with Crippen LogP contribution in [0.1, 0.15) is 25.8 Å². The third kappa shape index (κ3) is 7.45. The van der Waals surface area contributed by atoms with Gasteiger partial charge < -0.3 is 19.7 Å². The Morgan fingerprint density at radius 1 is 0.975 bits per heavy atom. The maximum Gasteiger partial charge on any atom is 0.264 e. The Morgan fingerprint density at radius 2 is 1.65 bits per heavy atom. The van der Waals surface area contributed by atoms with Crippen molar-refractivity contribution in [3.8, 4) is 11.5 Å². The molecule has 0 aliphatic rings. The highest BCUT2D eigenvalue weighted by atomic mass is 35.5. The zero-order valence-electron chi connectivity index (χ0n) is 23.0. The van der Waals surface area contributed by atoms with E-state index in [1.54, 1.807) is 61.5 Å². The number of rotatable bonds is 13. The molecule has 0 unspecified atom stereocenters. The molecular weight excluding hydrogens is 554 g/mol. The van der Waals surface area contributed by atoms with Crippen LogP contribution >= 0.6 is 11.6 Å². The average molecular weight is 588 g/mol. The molecule has 3 rings (SSSR count). The van der Waals surface area contributed by atoms with E-state index in [1.807, 2.05) is 6.92 Å². The molecule has 40 heavy (non-hydrogen) atoms. The molecule has 11 heteroatoms. The lowest BCUT2D eigenvalue weighted by Gasteiger charge is -2.32. The number of hydrogen-bond donors (Lipinski definition) is 1. The molecule has 1 atom stereocenters. The SMILES string of the molecule is CCCNC(=O)[C@@H](C)N(Cc1ccc(Cl)cc1)C(=O)CN(c1cc(OC)ccc1OC)S(=O)(=O)c1ccccc1. The number of nitrogens with zero attached hydrogens (tertiary/aromatic N) is 2. The van der Waals surface area contributed by atoms with Gasteiger partial charge >= 0.3 is 0 Å². The molecule has 0 heterocycles. The normalized spacial score (nSPS) is 11.8. The van der Waals surface area contributed by atoms with Crippen LogP contribution in [-0.4, -0.2) is 58.5 Å².